The molecule has 6 heteroatoms. The van der Waals surface area contributed by atoms with E-state index < -0.39 is 10.7 Å². The number of hydrogen-bond acceptors (Lipinski definition) is 3. The molecule has 4 nitrogen and oxygen atoms in total. The van der Waals surface area contributed by atoms with Crippen LogP contribution < -0.4 is 5.32 Å². The van der Waals surface area contributed by atoms with E-state index in [2.05, 4.69) is 11.4 Å². The Balaban J connectivity index is 2.03. The lowest BCUT2D eigenvalue weighted by Crippen LogP contribution is -2.07. The number of anilines is 1. The van der Waals surface area contributed by atoms with E-state index in [9.17, 15) is 14.5 Å². The summed E-state index contributed by atoms with van der Waals surface area (Å²) in [7, 11) is 0. The van der Waals surface area contributed by atoms with Gasteiger partial charge in [-0.05, 0) is 54.7 Å². The van der Waals surface area contributed by atoms with E-state index in [1.807, 2.05) is 0 Å². The third kappa shape index (κ3) is 3.91. The van der Waals surface area contributed by atoms with Gasteiger partial charge in [0.2, 0.25) is 0 Å². The van der Waals surface area contributed by atoms with Gasteiger partial charge >= 0.3 is 0 Å². The fourth-order valence-electron chi connectivity index (χ4n) is 2.32. The summed E-state index contributed by atoms with van der Waals surface area (Å²) in [5.74, 6) is -0.435. The fourth-order valence-corrected chi connectivity index (χ4v) is 2.77. The van der Waals surface area contributed by atoms with Crippen LogP contribution in [0, 0.1) is 19.5 Å². The van der Waals surface area contributed by atoms with Gasteiger partial charge < -0.3 is 5.32 Å². The molecule has 2 rings (SSSR count). The lowest BCUT2D eigenvalue weighted by Gasteiger charge is -2.13. The summed E-state index contributed by atoms with van der Waals surface area (Å²) < 4.78 is 13.8. The average Bonchev–Trinajstić information content (AvgIpc) is 2.43. The van der Waals surface area contributed by atoms with E-state index in [1.165, 1.54) is 30.5 Å². The number of hydrogen-bond donors (Lipinski definition) is 1. The molecule has 1 aromatic rings. The third-order valence-corrected chi connectivity index (χ3v) is 4.21. The SMILES string of the molecule is O=[N+]([O-])c1cc(I)c(F)cc1NCCC1=CCCCC1. The Morgan fingerprint density at radius 1 is 1.40 bits per heavy atom. The lowest BCUT2D eigenvalue weighted by molar-refractivity contribution is -0.384. The number of nitrogens with zero attached hydrogens (tertiary/aromatic N) is 1. The summed E-state index contributed by atoms with van der Waals surface area (Å²) >= 11 is 1.76. The molecule has 0 saturated carbocycles. The Morgan fingerprint density at radius 3 is 2.85 bits per heavy atom. The van der Waals surface area contributed by atoms with Crippen LogP contribution in [0.5, 0.6) is 0 Å². The van der Waals surface area contributed by atoms with E-state index >= 15 is 0 Å². The second-order valence-corrected chi connectivity index (χ2v) is 5.99. The van der Waals surface area contributed by atoms with Crippen molar-refractivity contribution in [2.75, 3.05) is 11.9 Å². The van der Waals surface area contributed by atoms with E-state index in [-0.39, 0.29) is 14.9 Å². The summed E-state index contributed by atoms with van der Waals surface area (Å²) in [6, 6.07) is 2.47. The van der Waals surface area contributed by atoms with E-state index in [1.54, 1.807) is 22.6 Å². The molecule has 20 heavy (non-hydrogen) atoms. The van der Waals surface area contributed by atoms with Crippen LogP contribution >= 0.6 is 22.6 Å². The minimum atomic E-state index is -0.482. The molecule has 0 spiro atoms. The lowest BCUT2D eigenvalue weighted by atomic mass is 9.97. The van der Waals surface area contributed by atoms with Gasteiger partial charge in [-0.2, -0.15) is 0 Å². The van der Waals surface area contributed by atoms with Crippen LogP contribution in [0.15, 0.2) is 23.8 Å². The normalized spacial score (nSPS) is 14.8. The average molecular weight is 390 g/mol. The van der Waals surface area contributed by atoms with Crippen molar-refractivity contribution < 1.29 is 9.31 Å². The van der Waals surface area contributed by atoms with Crippen molar-refractivity contribution in [1.82, 2.24) is 0 Å². The van der Waals surface area contributed by atoms with E-state index in [4.69, 9.17) is 0 Å². The maximum Gasteiger partial charge on any atom is 0.293 e. The van der Waals surface area contributed by atoms with Crippen molar-refractivity contribution in [2.45, 2.75) is 32.1 Å². The zero-order valence-electron chi connectivity index (χ0n) is 11.0. The van der Waals surface area contributed by atoms with Gasteiger partial charge in [0.05, 0.1) is 8.49 Å². The van der Waals surface area contributed by atoms with Gasteiger partial charge in [0.1, 0.15) is 11.5 Å². The highest BCUT2D eigenvalue weighted by molar-refractivity contribution is 14.1. The summed E-state index contributed by atoms with van der Waals surface area (Å²) in [6.07, 6.45) is 7.77. The van der Waals surface area contributed by atoms with E-state index in [0.29, 0.717) is 6.54 Å². The molecule has 1 aliphatic carbocycles. The van der Waals surface area contributed by atoms with Crippen LogP contribution in [0.3, 0.4) is 0 Å². The second kappa shape index (κ2) is 7.01. The van der Waals surface area contributed by atoms with Crippen LogP contribution in [-0.4, -0.2) is 11.5 Å². The highest BCUT2D eigenvalue weighted by Gasteiger charge is 2.17. The van der Waals surface area contributed by atoms with Crippen LogP contribution in [0.4, 0.5) is 15.8 Å². The summed E-state index contributed by atoms with van der Waals surface area (Å²) in [6.45, 7) is 0.590. The van der Waals surface area contributed by atoms with Crippen LogP contribution in [-0.2, 0) is 0 Å². The molecule has 0 bridgehead atoms. The number of halogens is 2. The van der Waals surface area contributed by atoms with Gasteiger partial charge in [0.15, 0.2) is 0 Å². The largest absolute Gasteiger partial charge is 0.379 e. The van der Waals surface area contributed by atoms with Crippen LogP contribution in [0.1, 0.15) is 32.1 Å². The molecule has 0 saturated heterocycles. The van der Waals surface area contributed by atoms with E-state index in [0.717, 1.165) is 19.3 Å². The molecule has 1 N–H and O–H groups in total. The van der Waals surface area contributed by atoms with Gasteiger partial charge in [-0.3, -0.25) is 10.1 Å². The minimum Gasteiger partial charge on any atom is -0.379 e. The first kappa shape index (κ1) is 15.2. The Bertz CT molecular complexity index is 546. The molecule has 0 unspecified atom stereocenters. The number of benzene rings is 1. The quantitative estimate of drug-likeness (QED) is 0.345. The Labute approximate surface area is 130 Å². The Morgan fingerprint density at radius 2 is 2.20 bits per heavy atom. The topological polar surface area (TPSA) is 55.2 Å². The van der Waals surface area contributed by atoms with Crippen molar-refractivity contribution in [3.05, 3.63) is 43.3 Å². The predicted octanol–water partition coefficient (Wildman–Crippen LogP) is 4.64. The molecule has 108 valence electrons. The molecule has 0 fully saturated rings. The molecule has 0 aliphatic heterocycles. The van der Waals surface area contributed by atoms with Crippen molar-refractivity contribution in [3.8, 4) is 0 Å². The van der Waals surface area contributed by atoms with Crippen LogP contribution in [0.25, 0.3) is 0 Å². The number of allylic oxidation sites excluding steroid dienone is 1. The Kier molecular flexibility index (Phi) is 5.33. The molecule has 1 aliphatic rings. The molecular weight excluding hydrogens is 374 g/mol. The van der Waals surface area contributed by atoms with Gasteiger partial charge in [0.25, 0.3) is 5.69 Å². The first-order valence-corrected chi connectivity index (χ1v) is 7.71. The summed E-state index contributed by atoms with van der Waals surface area (Å²) in [5.41, 5.74) is 1.56. The molecule has 0 atom stereocenters. The standard InChI is InChI=1S/C14H16FIN2O2/c15-11-8-13(14(18(19)20)9-12(11)16)17-7-6-10-4-2-1-3-5-10/h4,8-9,17H,1-3,5-7H2. The molecule has 0 aromatic heterocycles. The number of nitro groups is 1. The van der Waals surface area contributed by atoms with Gasteiger partial charge in [-0.25, -0.2) is 4.39 Å². The second-order valence-electron chi connectivity index (χ2n) is 4.83. The monoisotopic (exact) mass is 390 g/mol. The third-order valence-electron chi connectivity index (χ3n) is 3.38. The molecule has 0 amide bonds. The number of rotatable bonds is 5. The van der Waals surface area contributed by atoms with Crippen molar-refractivity contribution >= 4 is 34.0 Å². The maximum absolute atomic E-state index is 13.5. The van der Waals surface area contributed by atoms with Gasteiger partial charge in [0, 0.05) is 18.7 Å². The fraction of sp³-hybridized carbons (Fsp3) is 0.429. The van der Waals surface area contributed by atoms with Gasteiger partial charge in [-0.15, -0.1) is 0 Å². The number of nitrogens with one attached hydrogen (secondary N) is 1. The van der Waals surface area contributed by atoms with Crippen molar-refractivity contribution in [2.24, 2.45) is 0 Å². The molecule has 1 aromatic carbocycles. The van der Waals surface area contributed by atoms with Gasteiger partial charge in [-0.1, -0.05) is 11.6 Å². The maximum atomic E-state index is 13.5. The molecule has 0 heterocycles. The summed E-state index contributed by atoms with van der Waals surface area (Å²) in [4.78, 5) is 10.5. The zero-order valence-corrected chi connectivity index (χ0v) is 13.2. The minimum absolute atomic E-state index is 0.0755. The zero-order chi connectivity index (χ0) is 14.5. The van der Waals surface area contributed by atoms with Crippen LogP contribution in [0.2, 0.25) is 0 Å². The first-order valence-electron chi connectivity index (χ1n) is 6.63. The summed E-state index contributed by atoms with van der Waals surface area (Å²) in [5, 5.41) is 14.0. The van der Waals surface area contributed by atoms with Crippen molar-refractivity contribution in [1.29, 1.82) is 0 Å². The first-order chi connectivity index (χ1) is 9.58. The smallest absolute Gasteiger partial charge is 0.293 e. The highest BCUT2D eigenvalue weighted by atomic mass is 127. The predicted molar refractivity (Wildman–Crippen MR) is 85.4 cm³/mol. The molecular formula is C14H16FIN2O2. The highest BCUT2D eigenvalue weighted by Crippen LogP contribution is 2.29. The Hall–Kier alpha value is -1.18. The van der Waals surface area contributed by atoms with Crippen molar-refractivity contribution in [3.63, 3.8) is 0 Å². The number of nitro benzene ring substituents is 1. The molecule has 0 radical (unpaired) electrons.